The van der Waals surface area contributed by atoms with Gasteiger partial charge in [-0.25, -0.2) is 0 Å². The number of thioether (sulfide) groups is 1. The van der Waals surface area contributed by atoms with Crippen molar-refractivity contribution in [3.8, 4) is 5.75 Å². The molecule has 140 valence electrons. The quantitative estimate of drug-likeness (QED) is 0.596. The molecule has 0 saturated heterocycles. The van der Waals surface area contributed by atoms with Crippen LogP contribution in [-0.2, 0) is 4.79 Å². The molecule has 0 fully saturated rings. The Morgan fingerprint density at radius 2 is 1.65 bits per heavy atom. The Balaban J connectivity index is 1.59. The van der Waals surface area contributed by atoms with Gasteiger partial charge in [0.2, 0.25) is 5.91 Å². The van der Waals surface area contributed by atoms with Crippen LogP contribution in [0.3, 0.4) is 0 Å². The second-order valence-electron chi connectivity index (χ2n) is 6.70. The summed E-state index contributed by atoms with van der Waals surface area (Å²) in [5.41, 5.74) is 5.62. The van der Waals surface area contributed by atoms with Crippen molar-refractivity contribution in [2.45, 2.75) is 40.5 Å². The number of benzene rings is 2. The summed E-state index contributed by atoms with van der Waals surface area (Å²) in [7, 11) is 0. The zero-order chi connectivity index (χ0) is 18.9. The van der Waals surface area contributed by atoms with Crippen molar-refractivity contribution in [1.29, 1.82) is 0 Å². The summed E-state index contributed by atoms with van der Waals surface area (Å²) < 4.78 is 5.80. The number of carbonyl (C=O) groups excluding carboxylic acids is 1. The molecule has 0 spiro atoms. The Hall–Kier alpha value is -1.94. The first-order valence-electron chi connectivity index (χ1n) is 9.10. The van der Waals surface area contributed by atoms with E-state index in [1.165, 1.54) is 11.1 Å². The van der Waals surface area contributed by atoms with Crippen LogP contribution >= 0.6 is 11.8 Å². The monoisotopic (exact) mass is 371 g/mol. The molecule has 2 aromatic rings. The Morgan fingerprint density at radius 3 is 2.31 bits per heavy atom. The molecule has 1 amide bonds. The standard InChI is InChI=1S/C22H29NO2S/c1-16-13-17(2)15-20(14-16)25-10-12-26-11-6-9-21(24)23-22-18(3)7-5-8-19(22)4/h5,7-8,13-15H,6,9-12H2,1-4H3,(H,23,24). The van der Waals surface area contributed by atoms with Gasteiger partial charge in [-0.15, -0.1) is 0 Å². The van der Waals surface area contributed by atoms with Gasteiger partial charge in [-0.3, -0.25) is 4.79 Å². The van der Waals surface area contributed by atoms with E-state index in [0.717, 1.165) is 40.5 Å². The van der Waals surface area contributed by atoms with E-state index in [-0.39, 0.29) is 5.91 Å². The molecule has 26 heavy (non-hydrogen) atoms. The maximum atomic E-state index is 12.1. The van der Waals surface area contributed by atoms with Crippen LogP contribution in [0.4, 0.5) is 5.69 Å². The summed E-state index contributed by atoms with van der Waals surface area (Å²) in [4.78, 5) is 12.1. The van der Waals surface area contributed by atoms with Crippen LogP contribution < -0.4 is 10.1 Å². The molecule has 2 rings (SSSR count). The highest BCUT2D eigenvalue weighted by Crippen LogP contribution is 2.20. The third-order valence-corrected chi connectivity index (χ3v) is 5.16. The molecule has 0 unspecified atom stereocenters. The highest BCUT2D eigenvalue weighted by molar-refractivity contribution is 7.99. The number of anilines is 1. The first-order valence-corrected chi connectivity index (χ1v) is 10.3. The lowest BCUT2D eigenvalue weighted by Crippen LogP contribution is -2.13. The normalized spacial score (nSPS) is 10.6. The van der Waals surface area contributed by atoms with Gasteiger partial charge in [0.25, 0.3) is 0 Å². The molecule has 0 aliphatic rings. The van der Waals surface area contributed by atoms with Gasteiger partial charge in [-0.05, 0) is 74.3 Å². The SMILES string of the molecule is Cc1cc(C)cc(OCCSCCCC(=O)Nc2c(C)cccc2C)c1. The number of aryl methyl sites for hydroxylation is 4. The van der Waals surface area contributed by atoms with Gasteiger partial charge < -0.3 is 10.1 Å². The van der Waals surface area contributed by atoms with Gasteiger partial charge in [0, 0.05) is 17.9 Å². The third-order valence-electron chi connectivity index (χ3n) is 4.13. The summed E-state index contributed by atoms with van der Waals surface area (Å²) in [6.07, 6.45) is 1.43. The molecule has 4 heteroatoms. The maximum Gasteiger partial charge on any atom is 0.224 e. The fourth-order valence-corrected chi connectivity index (χ4v) is 3.64. The fraction of sp³-hybridized carbons (Fsp3) is 0.409. The molecule has 0 radical (unpaired) electrons. The Bertz CT molecular complexity index is 702. The number of carbonyl (C=O) groups is 1. The Kier molecular flexibility index (Phi) is 8.05. The van der Waals surface area contributed by atoms with Crippen molar-refractivity contribution >= 4 is 23.4 Å². The van der Waals surface area contributed by atoms with Crippen molar-refractivity contribution in [2.24, 2.45) is 0 Å². The molecule has 0 heterocycles. The van der Waals surface area contributed by atoms with E-state index in [1.807, 2.05) is 43.8 Å². The molecule has 0 atom stereocenters. The van der Waals surface area contributed by atoms with Crippen molar-refractivity contribution in [2.75, 3.05) is 23.4 Å². The summed E-state index contributed by atoms with van der Waals surface area (Å²) in [5.74, 6) is 2.94. The first kappa shape index (κ1) is 20.4. The van der Waals surface area contributed by atoms with E-state index >= 15 is 0 Å². The zero-order valence-corrected chi connectivity index (χ0v) is 17.0. The number of nitrogens with one attached hydrogen (secondary N) is 1. The number of rotatable bonds is 9. The van der Waals surface area contributed by atoms with Gasteiger partial charge in [0.05, 0.1) is 6.61 Å². The van der Waals surface area contributed by atoms with Gasteiger partial charge in [-0.2, -0.15) is 11.8 Å². The second-order valence-corrected chi connectivity index (χ2v) is 7.93. The number of amides is 1. The molecular weight excluding hydrogens is 342 g/mol. The smallest absolute Gasteiger partial charge is 0.224 e. The Labute approximate surface area is 161 Å². The molecule has 0 bridgehead atoms. The minimum Gasteiger partial charge on any atom is -0.493 e. The van der Waals surface area contributed by atoms with E-state index in [9.17, 15) is 4.79 Å². The minimum atomic E-state index is 0.0921. The van der Waals surface area contributed by atoms with Crippen molar-refractivity contribution in [3.63, 3.8) is 0 Å². The van der Waals surface area contributed by atoms with Gasteiger partial charge >= 0.3 is 0 Å². The summed E-state index contributed by atoms with van der Waals surface area (Å²) in [5, 5.41) is 3.04. The average Bonchev–Trinajstić information content (AvgIpc) is 2.56. The molecule has 2 aromatic carbocycles. The number of para-hydroxylation sites is 1. The third kappa shape index (κ3) is 6.75. The molecule has 0 saturated carbocycles. The fourth-order valence-electron chi connectivity index (χ4n) is 2.89. The topological polar surface area (TPSA) is 38.3 Å². The van der Waals surface area contributed by atoms with Crippen molar-refractivity contribution in [3.05, 3.63) is 58.7 Å². The van der Waals surface area contributed by atoms with Crippen LogP contribution in [0.1, 0.15) is 35.1 Å². The lowest BCUT2D eigenvalue weighted by atomic mass is 10.1. The van der Waals surface area contributed by atoms with Gasteiger partial charge in [0.1, 0.15) is 5.75 Å². The van der Waals surface area contributed by atoms with Gasteiger partial charge in [-0.1, -0.05) is 24.3 Å². The lowest BCUT2D eigenvalue weighted by molar-refractivity contribution is -0.116. The molecule has 0 aromatic heterocycles. The minimum absolute atomic E-state index is 0.0921. The Morgan fingerprint density at radius 1 is 1.00 bits per heavy atom. The summed E-state index contributed by atoms with van der Waals surface area (Å²) in [6.45, 7) is 8.90. The number of hydrogen-bond acceptors (Lipinski definition) is 3. The van der Waals surface area contributed by atoms with E-state index in [4.69, 9.17) is 4.74 Å². The van der Waals surface area contributed by atoms with Crippen LogP contribution in [-0.4, -0.2) is 24.0 Å². The molecule has 1 N–H and O–H groups in total. The van der Waals surface area contributed by atoms with Gasteiger partial charge in [0.15, 0.2) is 0 Å². The van der Waals surface area contributed by atoms with Crippen LogP contribution in [0.2, 0.25) is 0 Å². The maximum absolute atomic E-state index is 12.1. The molecule has 0 aliphatic heterocycles. The molecular formula is C22H29NO2S. The van der Waals surface area contributed by atoms with Crippen molar-refractivity contribution in [1.82, 2.24) is 0 Å². The van der Waals surface area contributed by atoms with E-state index in [2.05, 4.69) is 37.4 Å². The highest BCUT2D eigenvalue weighted by atomic mass is 32.2. The molecule has 3 nitrogen and oxygen atoms in total. The highest BCUT2D eigenvalue weighted by Gasteiger charge is 2.07. The van der Waals surface area contributed by atoms with Crippen LogP contribution in [0, 0.1) is 27.7 Å². The average molecular weight is 372 g/mol. The first-order chi connectivity index (χ1) is 12.5. The predicted octanol–water partition coefficient (Wildman–Crippen LogP) is 5.45. The molecule has 0 aliphatic carbocycles. The second kappa shape index (κ2) is 10.3. The number of hydrogen-bond donors (Lipinski definition) is 1. The number of ether oxygens (including phenoxy) is 1. The predicted molar refractivity (Wildman–Crippen MR) is 113 cm³/mol. The van der Waals surface area contributed by atoms with Crippen LogP contribution in [0.15, 0.2) is 36.4 Å². The zero-order valence-electron chi connectivity index (χ0n) is 16.2. The lowest BCUT2D eigenvalue weighted by Gasteiger charge is -2.11. The summed E-state index contributed by atoms with van der Waals surface area (Å²) in [6, 6.07) is 12.3. The van der Waals surface area contributed by atoms with E-state index in [0.29, 0.717) is 13.0 Å². The van der Waals surface area contributed by atoms with E-state index in [1.54, 1.807) is 0 Å². The summed E-state index contributed by atoms with van der Waals surface area (Å²) >= 11 is 1.83. The van der Waals surface area contributed by atoms with Crippen LogP contribution in [0.5, 0.6) is 5.75 Å². The van der Waals surface area contributed by atoms with Crippen molar-refractivity contribution < 1.29 is 9.53 Å². The largest absolute Gasteiger partial charge is 0.493 e. The van der Waals surface area contributed by atoms with Crippen LogP contribution in [0.25, 0.3) is 0 Å². The van der Waals surface area contributed by atoms with E-state index < -0.39 is 0 Å².